The number of ether oxygens (including phenoxy) is 1. The summed E-state index contributed by atoms with van der Waals surface area (Å²) in [5.74, 6) is -1.68. The maximum Gasteiger partial charge on any atom is 0.415 e. The number of halogens is 1. The normalized spacial score (nSPS) is 19.4. The fourth-order valence-electron chi connectivity index (χ4n) is 2.60. The van der Waals surface area contributed by atoms with E-state index in [9.17, 15) is 14.0 Å². The second kappa shape index (κ2) is 5.74. The van der Waals surface area contributed by atoms with Crippen LogP contribution in [0.3, 0.4) is 0 Å². The maximum absolute atomic E-state index is 13.9. The number of anilines is 2. The Balaban J connectivity index is 1.78. The van der Waals surface area contributed by atoms with Gasteiger partial charge in [-0.15, -0.1) is 0 Å². The zero-order valence-corrected chi connectivity index (χ0v) is 11.7. The topological polar surface area (TPSA) is 95.9 Å². The summed E-state index contributed by atoms with van der Waals surface area (Å²) in [6.45, 7) is 1.40. The van der Waals surface area contributed by atoms with Crippen molar-refractivity contribution < 1.29 is 23.8 Å². The van der Waals surface area contributed by atoms with E-state index < -0.39 is 17.9 Å². The summed E-state index contributed by atoms with van der Waals surface area (Å²) in [7, 11) is 0. The summed E-state index contributed by atoms with van der Waals surface area (Å²) in [6, 6.07) is 0. The van der Waals surface area contributed by atoms with E-state index in [0.717, 1.165) is 11.1 Å². The molecule has 1 amide bonds. The standard InChI is InChI=1S/C13H15FN4O4/c14-9-7-15-12(16-10(9)18-5-6-22-13(18)21)17-3-1-8(2-4-17)11(19)20/h7-8H,1-6H2,(H,19,20). The Labute approximate surface area is 125 Å². The molecule has 2 aliphatic heterocycles. The molecule has 0 saturated carbocycles. The van der Waals surface area contributed by atoms with E-state index in [4.69, 9.17) is 9.84 Å². The number of piperidine rings is 1. The predicted octanol–water partition coefficient (Wildman–Crippen LogP) is 0.873. The van der Waals surface area contributed by atoms with E-state index in [2.05, 4.69) is 9.97 Å². The number of carbonyl (C=O) groups is 2. The third-order valence-electron chi connectivity index (χ3n) is 3.86. The largest absolute Gasteiger partial charge is 0.481 e. The predicted molar refractivity (Wildman–Crippen MR) is 73.3 cm³/mol. The van der Waals surface area contributed by atoms with Gasteiger partial charge in [0.1, 0.15) is 6.61 Å². The van der Waals surface area contributed by atoms with Crippen LogP contribution in [0.15, 0.2) is 6.20 Å². The van der Waals surface area contributed by atoms with E-state index in [-0.39, 0.29) is 24.9 Å². The summed E-state index contributed by atoms with van der Waals surface area (Å²) in [6.07, 6.45) is 1.36. The molecule has 9 heteroatoms. The van der Waals surface area contributed by atoms with Gasteiger partial charge in [-0.2, -0.15) is 4.98 Å². The first-order valence-electron chi connectivity index (χ1n) is 7.01. The highest BCUT2D eigenvalue weighted by molar-refractivity contribution is 5.88. The highest BCUT2D eigenvalue weighted by Gasteiger charge is 2.30. The van der Waals surface area contributed by atoms with Gasteiger partial charge in [-0.1, -0.05) is 0 Å². The molecule has 2 fully saturated rings. The zero-order valence-electron chi connectivity index (χ0n) is 11.7. The van der Waals surface area contributed by atoms with Crippen LogP contribution in [0.5, 0.6) is 0 Å². The molecule has 1 aromatic rings. The minimum absolute atomic E-state index is 0.104. The SMILES string of the molecule is O=C(O)C1CCN(c2ncc(F)c(N3CCOC3=O)n2)CC1. The van der Waals surface area contributed by atoms with Crippen molar-refractivity contribution in [1.82, 2.24) is 9.97 Å². The Kier molecular flexibility index (Phi) is 3.78. The van der Waals surface area contributed by atoms with Crippen LogP contribution in [0.1, 0.15) is 12.8 Å². The Morgan fingerprint density at radius 3 is 2.68 bits per heavy atom. The molecule has 0 aromatic carbocycles. The van der Waals surface area contributed by atoms with Gasteiger partial charge in [0.2, 0.25) is 5.95 Å². The molecule has 0 bridgehead atoms. The molecular weight excluding hydrogens is 295 g/mol. The van der Waals surface area contributed by atoms with Gasteiger partial charge in [-0.25, -0.2) is 14.2 Å². The highest BCUT2D eigenvalue weighted by Crippen LogP contribution is 2.25. The number of amides is 1. The molecule has 22 heavy (non-hydrogen) atoms. The number of carboxylic acids is 1. The number of aliphatic carboxylic acids is 1. The van der Waals surface area contributed by atoms with Crippen molar-refractivity contribution in [1.29, 1.82) is 0 Å². The van der Waals surface area contributed by atoms with Crippen molar-refractivity contribution >= 4 is 23.8 Å². The van der Waals surface area contributed by atoms with Crippen molar-refractivity contribution in [2.75, 3.05) is 36.0 Å². The minimum atomic E-state index is -0.805. The quantitative estimate of drug-likeness (QED) is 0.885. The van der Waals surface area contributed by atoms with Crippen LogP contribution < -0.4 is 9.80 Å². The Morgan fingerprint density at radius 2 is 2.09 bits per heavy atom. The number of hydrogen-bond acceptors (Lipinski definition) is 6. The van der Waals surface area contributed by atoms with Gasteiger partial charge in [-0.3, -0.25) is 9.69 Å². The molecule has 0 radical (unpaired) electrons. The monoisotopic (exact) mass is 310 g/mol. The van der Waals surface area contributed by atoms with Crippen molar-refractivity contribution in [3.8, 4) is 0 Å². The summed E-state index contributed by atoms with van der Waals surface area (Å²) in [5.41, 5.74) is 0. The molecule has 0 aliphatic carbocycles. The Bertz CT molecular complexity index is 604. The molecule has 0 unspecified atom stereocenters. The first kappa shape index (κ1) is 14.5. The zero-order chi connectivity index (χ0) is 15.7. The van der Waals surface area contributed by atoms with Crippen molar-refractivity contribution in [2.45, 2.75) is 12.8 Å². The lowest BCUT2D eigenvalue weighted by molar-refractivity contribution is -0.142. The van der Waals surface area contributed by atoms with E-state index in [1.807, 2.05) is 0 Å². The maximum atomic E-state index is 13.9. The van der Waals surface area contributed by atoms with Crippen LogP contribution in [0.2, 0.25) is 0 Å². The number of aromatic nitrogens is 2. The molecule has 2 aliphatic rings. The second-order valence-corrected chi connectivity index (χ2v) is 5.21. The van der Waals surface area contributed by atoms with Crippen LogP contribution in [-0.2, 0) is 9.53 Å². The molecule has 118 valence electrons. The number of carbonyl (C=O) groups excluding carboxylic acids is 1. The van der Waals surface area contributed by atoms with Crippen molar-refractivity contribution in [2.24, 2.45) is 5.92 Å². The van der Waals surface area contributed by atoms with Crippen molar-refractivity contribution in [3.05, 3.63) is 12.0 Å². The first-order valence-corrected chi connectivity index (χ1v) is 7.01. The summed E-state index contributed by atoms with van der Waals surface area (Å²) in [4.78, 5) is 33.5. The number of nitrogens with zero attached hydrogens (tertiary/aromatic N) is 4. The second-order valence-electron chi connectivity index (χ2n) is 5.21. The first-order chi connectivity index (χ1) is 10.6. The molecule has 1 N–H and O–H groups in total. The van der Waals surface area contributed by atoms with Crippen LogP contribution in [0.4, 0.5) is 21.0 Å². The highest BCUT2D eigenvalue weighted by atomic mass is 19.1. The van der Waals surface area contributed by atoms with Gasteiger partial charge < -0.3 is 14.7 Å². The molecule has 8 nitrogen and oxygen atoms in total. The van der Waals surface area contributed by atoms with E-state index in [0.29, 0.717) is 31.9 Å². The molecule has 0 spiro atoms. The van der Waals surface area contributed by atoms with Gasteiger partial charge in [0.25, 0.3) is 0 Å². The molecule has 0 atom stereocenters. The van der Waals surface area contributed by atoms with Crippen LogP contribution in [0, 0.1) is 11.7 Å². The van der Waals surface area contributed by atoms with Gasteiger partial charge in [0, 0.05) is 13.1 Å². The number of cyclic esters (lactones) is 1. The Hall–Kier alpha value is -2.45. The fourth-order valence-corrected chi connectivity index (χ4v) is 2.60. The van der Waals surface area contributed by atoms with Gasteiger partial charge in [-0.05, 0) is 12.8 Å². The molecular formula is C13H15FN4O4. The molecule has 2 saturated heterocycles. The average Bonchev–Trinajstić information content (AvgIpc) is 2.94. The van der Waals surface area contributed by atoms with Gasteiger partial charge in [0.15, 0.2) is 11.6 Å². The van der Waals surface area contributed by atoms with Crippen LogP contribution >= 0.6 is 0 Å². The molecule has 3 heterocycles. The van der Waals surface area contributed by atoms with E-state index in [1.54, 1.807) is 4.90 Å². The third-order valence-corrected chi connectivity index (χ3v) is 3.86. The lowest BCUT2D eigenvalue weighted by atomic mass is 9.97. The lowest BCUT2D eigenvalue weighted by Gasteiger charge is -2.30. The van der Waals surface area contributed by atoms with Gasteiger partial charge in [0.05, 0.1) is 18.7 Å². The van der Waals surface area contributed by atoms with E-state index >= 15 is 0 Å². The third kappa shape index (κ3) is 2.66. The number of hydrogen-bond donors (Lipinski definition) is 1. The Morgan fingerprint density at radius 1 is 1.36 bits per heavy atom. The van der Waals surface area contributed by atoms with Gasteiger partial charge >= 0.3 is 12.1 Å². The summed E-state index contributed by atoms with van der Waals surface area (Å²) >= 11 is 0. The number of rotatable bonds is 3. The van der Waals surface area contributed by atoms with E-state index in [1.165, 1.54) is 0 Å². The smallest absolute Gasteiger partial charge is 0.415 e. The van der Waals surface area contributed by atoms with Crippen LogP contribution in [-0.4, -0.2) is 53.4 Å². The number of carboxylic acid groups (broad SMARTS) is 1. The molecule has 3 rings (SSSR count). The fraction of sp³-hybridized carbons (Fsp3) is 0.538. The summed E-state index contributed by atoms with van der Waals surface area (Å²) in [5, 5.41) is 8.99. The average molecular weight is 310 g/mol. The minimum Gasteiger partial charge on any atom is -0.481 e. The van der Waals surface area contributed by atoms with Crippen molar-refractivity contribution in [3.63, 3.8) is 0 Å². The molecule has 1 aromatic heterocycles. The lowest BCUT2D eigenvalue weighted by Crippen LogP contribution is -2.37. The van der Waals surface area contributed by atoms with Crippen LogP contribution in [0.25, 0.3) is 0 Å². The summed E-state index contributed by atoms with van der Waals surface area (Å²) < 4.78 is 18.6.